The maximum Gasteiger partial charge on any atom is 0.244 e. The Morgan fingerprint density at radius 2 is 1.32 bits per heavy atom. The predicted molar refractivity (Wildman–Crippen MR) is 158 cm³/mol. The number of ether oxygens (including phenoxy) is 4. The fourth-order valence-corrected chi connectivity index (χ4v) is 4.18. The summed E-state index contributed by atoms with van der Waals surface area (Å²) in [6.07, 6.45) is 3.75. The van der Waals surface area contributed by atoms with E-state index in [2.05, 4.69) is 5.32 Å². The van der Waals surface area contributed by atoms with Gasteiger partial charge in [-0.2, -0.15) is 0 Å². The van der Waals surface area contributed by atoms with E-state index in [9.17, 15) is 4.79 Å². The highest BCUT2D eigenvalue weighted by molar-refractivity contribution is 6.32. The highest BCUT2D eigenvalue weighted by Gasteiger charge is 2.11. The number of carbonyl (C=O) groups excluding carboxylic acids is 1. The van der Waals surface area contributed by atoms with Gasteiger partial charge in [0.1, 0.15) is 13.2 Å². The Labute approximate surface area is 240 Å². The Morgan fingerprint density at radius 3 is 1.93 bits per heavy atom. The molecule has 0 aliphatic carbocycles. The number of benzene rings is 4. The van der Waals surface area contributed by atoms with Gasteiger partial charge in [0, 0.05) is 18.7 Å². The second kappa shape index (κ2) is 14.7. The van der Waals surface area contributed by atoms with E-state index in [0.29, 0.717) is 59.8 Å². The summed E-state index contributed by atoms with van der Waals surface area (Å²) in [5, 5.41) is 3.37. The van der Waals surface area contributed by atoms with Crippen molar-refractivity contribution >= 4 is 23.6 Å². The van der Waals surface area contributed by atoms with Gasteiger partial charge in [0.05, 0.1) is 19.2 Å². The minimum absolute atomic E-state index is 0.229. The van der Waals surface area contributed by atoms with Crippen LogP contribution in [0.25, 0.3) is 6.08 Å². The quantitative estimate of drug-likeness (QED) is 0.181. The first-order valence-corrected chi connectivity index (χ1v) is 13.3. The molecule has 7 heteroatoms. The maximum absolute atomic E-state index is 12.5. The molecule has 4 aromatic rings. The molecule has 0 radical (unpaired) electrons. The topological polar surface area (TPSA) is 66.0 Å². The summed E-state index contributed by atoms with van der Waals surface area (Å²) in [5.41, 5.74) is 3.77. The van der Waals surface area contributed by atoms with Crippen LogP contribution in [0.5, 0.6) is 23.0 Å². The molecule has 206 valence electrons. The van der Waals surface area contributed by atoms with Gasteiger partial charge < -0.3 is 24.3 Å². The molecule has 0 fully saturated rings. The van der Waals surface area contributed by atoms with Crippen LogP contribution >= 0.6 is 11.6 Å². The molecule has 0 saturated heterocycles. The molecule has 0 atom stereocenters. The minimum Gasteiger partial charge on any atom is -0.493 e. The lowest BCUT2D eigenvalue weighted by atomic mass is 10.1. The first kappa shape index (κ1) is 28.6. The molecule has 0 heterocycles. The molecule has 0 aromatic heterocycles. The third-order valence-corrected chi connectivity index (χ3v) is 6.44. The summed E-state index contributed by atoms with van der Waals surface area (Å²) in [6.45, 7) is 1.28. The molecular weight excluding hydrogens is 526 g/mol. The lowest BCUT2D eigenvalue weighted by molar-refractivity contribution is -0.116. The van der Waals surface area contributed by atoms with Crippen molar-refractivity contribution in [1.29, 1.82) is 0 Å². The Bertz CT molecular complexity index is 1420. The van der Waals surface area contributed by atoms with Gasteiger partial charge in [-0.3, -0.25) is 4.79 Å². The third kappa shape index (κ3) is 8.29. The highest BCUT2D eigenvalue weighted by Crippen LogP contribution is 2.34. The average molecular weight is 558 g/mol. The van der Waals surface area contributed by atoms with Crippen LogP contribution in [-0.4, -0.2) is 26.7 Å². The van der Waals surface area contributed by atoms with Crippen LogP contribution in [0.3, 0.4) is 0 Å². The number of halogens is 1. The second-order valence-electron chi connectivity index (χ2n) is 8.93. The highest BCUT2D eigenvalue weighted by atomic mass is 35.5. The van der Waals surface area contributed by atoms with Gasteiger partial charge >= 0.3 is 0 Å². The fourth-order valence-electron chi connectivity index (χ4n) is 3.97. The SMILES string of the molecule is COc1ccc(CCNC(=O)/C=C/c2cc(OCc3ccccc3)c(OC)cc2Cl)cc1OCc1ccccc1. The number of hydrogen-bond donors (Lipinski definition) is 1. The molecule has 0 unspecified atom stereocenters. The molecule has 4 rings (SSSR count). The van der Waals surface area contributed by atoms with Crippen LogP contribution in [0, 0.1) is 0 Å². The number of amides is 1. The van der Waals surface area contributed by atoms with E-state index >= 15 is 0 Å². The minimum atomic E-state index is -0.229. The van der Waals surface area contributed by atoms with Gasteiger partial charge in [-0.15, -0.1) is 0 Å². The zero-order valence-corrected chi connectivity index (χ0v) is 23.3. The molecule has 40 heavy (non-hydrogen) atoms. The van der Waals surface area contributed by atoms with E-state index in [0.717, 1.165) is 16.7 Å². The van der Waals surface area contributed by atoms with Crippen molar-refractivity contribution in [2.75, 3.05) is 20.8 Å². The van der Waals surface area contributed by atoms with Crippen molar-refractivity contribution in [1.82, 2.24) is 5.32 Å². The van der Waals surface area contributed by atoms with Crippen molar-refractivity contribution in [2.24, 2.45) is 0 Å². The Balaban J connectivity index is 1.32. The lowest BCUT2D eigenvalue weighted by Crippen LogP contribution is -2.23. The van der Waals surface area contributed by atoms with Gasteiger partial charge in [0.25, 0.3) is 0 Å². The molecular formula is C33H32ClNO5. The molecule has 1 amide bonds. The standard InChI is InChI=1S/C33H32ClNO5/c1-37-29-15-13-24(19-31(29)39-22-25-9-5-3-6-10-25)17-18-35-33(36)16-14-27-20-32(30(38-2)21-28(27)34)40-23-26-11-7-4-8-12-26/h3-16,19-21H,17-18,22-23H2,1-2H3,(H,35,36)/b16-14+. The molecule has 0 spiro atoms. The van der Waals surface area contributed by atoms with Crippen molar-refractivity contribution in [3.63, 3.8) is 0 Å². The van der Waals surface area contributed by atoms with Crippen molar-refractivity contribution in [2.45, 2.75) is 19.6 Å². The maximum atomic E-state index is 12.5. The largest absolute Gasteiger partial charge is 0.493 e. The van der Waals surface area contributed by atoms with E-state index in [1.54, 1.807) is 32.4 Å². The summed E-state index contributed by atoms with van der Waals surface area (Å²) >= 11 is 6.43. The van der Waals surface area contributed by atoms with E-state index in [-0.39, 0.29) is 5.91 Å². The van der Waals surface area contributed by atoms with E-state index in [4.69, 9.17) is 30.5 Å². The summed E-state index contributed by atoms with van der Waals surface area (Å²) in [7, 11) is 3.18. The van der Waals surface area contributed by atoms with Gasteiger partial charge in [-0.1, -0.05) is 78.3 Å². The van der Waals surface area contributed by atoms with E-state index in [1.165, 1.54) is 6.08 Å². The Hall–Kier alpha value is -4.42. The van der Waals surface area contributed by atoms with E-state index < -0.39 is 0 Å². The number of nitrogens with one attached hydrogen (secondary N) is 1. The van der Waals surface area contributed by atoms with Crippen LogP contribution in [0.2, 0.25) is 5.02 Å². The third-order valence-electron chi connectivity index (χ3n) is 6.11. The molecule has 0 aliphatic heterocycles. The summed E-state index contributed by atoms with van der Waals surface area (Å²) < 4.78 is 22.8. The zero-order valence-electron chi connectivity index (χ0n) is 22.6. The van der Waals surface area contributed by atoms with Crippen molar-refractivity contribution in [3.05, 3.63) is 124 Å². The van der Waals surface area contributed by atoms with Crippen LogP contribution in [-0.2, 0) is 24.4 Å². The van der Waals surface area contributed by atoms with Crippen molar-refractivity contribution in [3.8, 4) is 23.0 Å². The summed E-state index contributed by atoms with van der Waals surface area (Å²) in [6, 6.07) is 29.0. The number of rotatable bonds is 13. The van der Waals surface area contributed by atoms with Crippen LogP contribution in [0.4, 0.5) is 0 Å². The second-order valence-corrected chi connectivity index (χ2v) is 9.34. The fraction of sp³-hybridized carbons (Fsp3) is 0.182. The van der Waals surface area contributed by atoms with Crippen LogP contribution in [0.1, 0.15) is 22.3 Å². The molecule has 1 N–H and O–H groups in total. The summed E-state index contributed by atoms with van der Waals surface area (Å²) in [5.74, 6) is 2.16. The zero-order chi connectivity index (χ0) is 28.2. The number of hydrogen-bond acceptors (Lipinski definition) is 5. The number of carbonyl (C=O) groups is 1. The predicted octanol–water partition coefficient (Wildman–Crippen LogP) is 6.89. The van der Waals surface area contributed by atoms with E-state index in [1.807, 2.05) is 78.9 Å². The van der Waals surface area contributed by atoms with Gasteiger partial charge in [0.2, 0.25) is 5.91 Å². The van der Waals surface area contributed by atoms with Gasteiger partial charge in [-0.05, 0) is 52.9 Å². The Morgan fingerprint density at radius 1 is 0.725 bits per heavy atom. The molecule has 4 aromatic carbocycles. The molecule has 6 nitrogen and oxygen atoms in total. The first-order valence-electron chi connectivity index (χ1n) is 12.9. The molecule has 0 bridgehead atoms. The first-order chi connectivity index (χ1) is 19.6. The molecule has 0 saturated carbocycles. The van der Waals surface area contributed by atoms with Crippen molar-refractivity contribution < 1.29 is 23.7 Å². The van der Waals surface area contributed by atoms with Gasteiger partial charge in [-0.25, -0.2) is 0 Å². The smallest absolute Gasteiger partial charge is 0.244 e. The lowest BCUT2D eigenvalue weighted by Gasteiger charge is -2.13. The Kier molecular flexibility index (Phi) is 10.5. The average Bonchev–Trinajstić information content (AvgIpc) is 2.99. The van der Waals surface area contributed by atoms with Crippen LogP contribution < -0.4 is 24.3 Å². The van der Waals surface area contributed by atoms with Gasteiger partial charge in [0.15, 0.2) is 23.0 Å². The normalized spacial score (nSPS) is 10.8. The molecule has 0 aliphatic rings. The monoisotopic (exact) mass is 557 g/mol. The number of methoxy groups -OCH3 is 2. The van der Waals surface area contributed by atoms with Crippen LogP contribution in [0.15, 0.2) is 97.1 Å². The summed E-state index contributed by atoms with van der Waals surface area (Å²) in [4.78, 5) is 12.5.